The van der Waals surface area contributed by atoms with E-state index in [1.165, 1.54) is 38.5 Å². The molecule has 1 heterocycles. The van der Waals surface area contributed by atoms with E-state index >= 15 is 0 Å². The highest BCUT2D eigenvalue weighted by Gasteiger charge is 2.64. The van der Waals surface area contributed by atoms with Gasteiger partial charge in [0, 0.05) is 17.2 Å². The zero-order chi connectivity index (χ0) is 22.3. The molecule has 4 saturated carbocycles. The van der Waals surface area contributed by atoms with E-state index in [4.69, 9.17) is 4.74 Å². The van der Waals surface area contributed by atoms with Crippen molar-refractivity contribution in [3.63, 3.8) is 0 Å². The molecular weight excluding hydrogens is 448 g/mol. The van der Waals surface area contributed by atoms with Crippen molar-refractivity contribution >= 4 is 21.7 Å². The Morgan fingerprint density at radius 3 is 2.32 bits per heavy atom. The predicted octanol–water partition coefficient (Wildman–Crippen LogP) is 7.28. The fourth-order valence-corrected chi connectivity index (χ4v) is 10.1. The lowest BCUT2D eigenvalue weighted by Gasteiger charge is -2.60. The number of rotatable bonds is 4. The summed E-state index contributed by atoms with van der Waals surface area (Å²) in [6.45, 7) is 14.6. The molecule has 0 bridgehead atoms. The average Bonchev–Trinajstić information content (AvgIpc) is 3.43. The number of carbonyl (C=O) groups excluding carboxylic acids is 1. The summed E-state index contributed by atoms with van der Waals surface area (Å²) in [5.41, 5.74) is 0.668. The minimum absolute atomic E-state index is 0.257. The van der Waals surface area contributed by atoms with Crippen LogP contribution in [0.3, 0.4) is 0 Å². The highest BCUT2D eigenvalue weighted by atomic mass is 79.9. The van der Waals surface area contributed by atoms with Gasteiger partial charge in [-0.3, -0.25) is 4.79 Å². The summed E-state index contributed by atoms with van der Waals surface area (Å²) in [6, 6.07) is 0. The molecule has 5 aliphatic rings. The maximum Gasteiger partial charge on any atom is 0.136 e. The number of alkyl halides is 1. The molecule has 0 radical (unpaired) electrons. The SMILES string of the molecule is CC(C)C(C)C1OC1[C@@H](C)[C@H]1CC[C@H]2[C@@H]3CC(=O)[C@H]4C[C@@H](Br)CC[C@]4(C)[C@H]3CC[C@]12C. The molecule has 0 aromatic carbocycles. The normalized spacial score (nSPS) is 53.5. The van der Waals surface area contributed by atoms with Crippen LogP contribution < -0.4 is 0 Å². The van der Waals surface area contributed by atoms with Crippen molar-refractivity contribution < 1.29 is 9.53 Å². The molecule has 0 aromatic heterocycles. The van der Waals surface area contributed by atoms with Gasteiger partial charge < -0.3 is 4.74 Å². The van der Waals surface area contributed by atoms with Gasteiger partial charge in [-0.25, -0.2) is 0 Å². The van der Waals surface area contributed by atoms with Gasteiger partial charge in [-0.05, 0) is 97.2 Å². The minimum atomic E-state index is 0.257. The van der Waals surface area contributed by atoms with Crippen LogP contribution in [0.15, 0.2) is 0 Å². The quantitative estimate of drug-likeness (QED) is 0.304. The first kappa shape index (κ1) is 22.9. The highest BCUT2D eigenvalue weighted by molar-refractivity contribution is 9.09. The lowest BCUT2D eigenvalue weighted by Crippen LogP contribution is -2.57. The molecule has 12 atom stereocenters. The van der Waals surface area contributed by atoms with Gasteiger partial charge in [-0.15, -0.1) is 0 Å². The monoisotopic (exact) mass is 492 g/mol. The van der Waals surface area contributed by atoms with E-state index in [-0.39, 0.29) is 5.41 Å². The van der Waals surface area contributed by atoms with Crippen LogP contribution in [0.1, 0.15) is 92.9 Å². The van der Waals surface area contributed by atoms with Crippen molar-refractivity contribution in [1.29, 1.82) is 0 Å². The smallest absolute Gasteiger partial charge is 0.136 e. The molecular formula is C28H45BrO2. The van der Waals surface area contributed by atoms with Crippen LogP contribution in [0.5, 0.6) is 0 Å². The maximum absolute atomic E-state index is 13.4. The van der Waals surface area contributed by atoms with Crippen molar-refractivity contribution in [2.45, 2.75) is 110 Å². The first-order valence-electron chi connectivity index (χ1n) is 13.4. The van der Waals surface area contributed by atoms with E-state index in [9.17, 15) is 4.79 Å². The molecule has 1 saturated heterocycles. The van der Waals surface area contributed by atoms with Gasteiger partial charge in [-0.2, -0.15) is 0 Å². The molecule has 4 aliphatic carbocycles. The molecule has 176 valence electrons. The van der Waals surface area contributed by atoms with E-state index in [0.29, 0.717) is 57.8 Å². The second kappa shape index (κ2) is 7.82. The second-order valence-electron chi connectivity index (χ2n) is 13.2. The molecule has 5 fully saturated rings. The molecule has 0 aromatic rings. The minimum Gasteiger partial charge on any atom is -0.369 e. The molecule has 0 spiro atoms. The first-order valence-corrected chi connectivity index (χ1v) is 14.3. The van der Waals surface area contributed by atoms with Crippen LogP contribution in [0, 0.1) is 58.2 Å². The zero-order valence-electron chi connectivity index (χ0n) is 20.7. The van der Waals surface area contributed by atoms with Crippen molar-refractivity contribution in [3.8, 4) is 0 Å². The van der Waals surface area contributed by atoms with Gasteiger partial charge >= 0.3 is 0 Å². The summed E-state index contributed by atoms with van der Waals surface area (Å²) < 4.78 is 6.30. The number of ketones is 1. The summed E-state index contributed by atoms with van der Waals surface area (Å²) in [6.07, 6.45) is 10.8. The van der Waals surface area contributed by atoms with Crippen molar-refractivity contribution in [1.82, 2.24) is 0 Å². The Morgan fingerprint density at radius 2 is 1.61 bits per heavy atom. The van der Waals surface area contributed by atoms with E-state index in [0.717, 1.165) is 30.6 Å². The fraction of sp³-hybridized carbons (Fsp3) is 0.964. The molecule has 31 heavy (non-hydrogen) atoms. The van der Waals surface area contributed by atoms with Gasteiger partial charge in [0.25, 0.3) is 0 Å². The molecule has 1 aliphatic heterocycles. The number of epoxide rings is 1. The standard InChI is InChI=1S/C28H45BrO2/c1-15(2)16(3)25-26(31-25)17(4)20-7-8-21-19-14-24(30)23-13-18(29)9-11-28(23,6)22(19)10-12-27(20,21)5/h15-23,25-26H,7-14H2,1-6H3/t16?,17-,18-,19-,20+,21-,22-,23+,25?,26?,27+,28+/m0/s1. The second-order valence-corrected chi connectivity index (χ2v) is 14.5. The lowest BCUT2D eigenvalue weighted by atomic mass is 9.44. The number of carbonyl (C=O) groups is 1. The number of hydrogen-bond acceptors (Lipinski definition) is 2. The summed E-state index contributed by atoms with van der Waals surface area (Å²) in [7, 11) is 0. The van der Waals surface area contributed by atoms with Crippen LogP contribution in [0.2, 0.25) is 0 Å². The van der Waals surface area contributed by atoms with Crippen LogP contribution in [0.4, 0.5) is 0 Å². The Bertz CT molecular complexity index is 720. The van der Waals surface area contributed by atoms with E-state index in [1.807, 2.05) is 0 Å². The Kier molecular flexibility index (Phi) is 5.77. The molecule has 2 nitrogen and oxygen atoms in total. The number of fused-ring (bicyclic) bond motifs is 5. The number of Topliss-reactive ketones (excluding diaryl/α,β-unsaturated/α-hetero) is 1. The Morgan fingerprint density at radius 1 is 0.935 bits per heavy atom. The van der Waals surface area contributed by atoms with Crippen LogP contribution in [-0.2, 0) is 9.53 Å². The third-order valence-corrected chi connectivity index (χ3v) is 12.6. The van der Waals surface area contributed by atoms with Gasteiger partial charge in [0.2, 0.25) is 0 Å². The van der Waals surface area contributed by atoms with Crippen molar-refractivity contribution in [2.24, 2.45) is 58.2 Å². The maximum atomic E-state index is 13.4. The molecule has 0 amide bonds. The largest absolute Gasteiger partial charge is 0.369 e. The zero-order valence-corrected chi connectivity index (χ0v) is 22.3. The van der Waals surface area contributed by atoms with E-state index in [1.54, 1.807) is 0 Å². The highest BCUT2D eigenvalue weighted by Crippen LogP contribution is 2.68. The summed E-state index contributed by atoms with van der Waals surface area (Å²) in [4.78, 5) is 14.0. The van der Waals surface area contributed by atoms with Crippen LogP contribution >= 0.6 is 15.9 Å². The fourth-order valence-electron chi connectivity index (χ4n) is 9.49. The Balaban J connectivity index is 1.34. The Hall–Kier alpha value is 0.110. The Labute approximate surface area is 199 Å². The van der Waals surface area contributed by atoms with Crippen molar-refractivity contribution in [3.05, 3.63) is 0 Å². The number of ether oxygens (including phenoxy) is 1. The van der Waals surface area contributed by atoms with Crippen molar-refractivity contribution in [2.75, 3.05) is 0 Å². The third-order valence-electron chi connectivity index (χ3n) is 11.8. The van der Waals surface area contributed by atoms with Gasteiger partial charge in [0.1, 0.15) is 5.78 Å². The van der Waals surface area contributed by atoms with Crippen LogP contribution in [0.25, 0.3) is 0 Å². The third kappa shape index (κ3) is 3.44. The van der Waals surface area contributed by atoms with Crippen LogP contribution in [-0.4, -0.2) is 22.8 Å². The predicted molar refractivity (Wildman–Crippen MR) is 130 cm³/mol. The van der Waals surface area contributed by atoms with Gasteiger partial charge in [0.05, 0.1) is 12.2 Å². The average molecular weight is 494 g/mol. The summed E-state index contributed by atoms with van der Waals surface area (Å²) in [5, 5.41) is 0. The molecule has 3 heteroatoms. The topological polar surface area (TPSA) is 29.6 Å². The lowest BCUT2D eigenvalue weighted by molar-refractivity contribution is -0.154. The van der Waals surface area contributed by atoms with Gasteiger partial charge in [0.15, 0.2) is 0 Å². The number of halogens is 1. The summed E-state index contributed by atoms with van der Waals surface area (Å²) >= 11 is 3.85. The van der Waals surface area contributed by atoms with E-state index in [2.05, 4.69) is 57.5 Å². The van der Waals surface area contributed by atoms with E-state index < -0.39 is 0 Å². The molecule has 0 N–H and O–H groups in total. The molecule has 5 rings (SSSR count). The van der Waals surface area contributed by atoms with Gasteiger partial charge in [-0.1, -0.05) is 57.5 Å². The first-order chi connectivity index (χ1) is 14.6. The molecule has 3 unspecified atom stereocenters. The summed E-state index contributed by atoms with van der Waals surface area (Å²) in [5.74, 6) is 5.86. The number of hydrogen-bond donors (Lipinski definition) is 0.